The van der Waals surface area contributed by atoms with E-state index in [0.717, 1.165) is 0 Å². The number of rotatable bonds is 2. The third-order valence-electron chi connectivity index (χ3n) is 0.750. The quantitative estimate of drug-likeness (QED) is 0.351. The highest BCUT2D eigenvalue weighted by molar-refractivity contribution is 5.78. The van der Waals surface area contributed by atoms with E-state index in [4.69, 9.17) is 5.73 Å². The Morgan fingerprint density at radius 2 is 2.00 bits per heavy atom. The van der Waals surface area contributed by atoms with Crippen molar-refractivity contribution in [2.75, 3.05) is 0 Å². The lowest BCUT2D eigenvalue weighted by Gasteiger charge is -2.09. The molecule has 64 valence electrons. The van der Waals surface area contributed by atoms with Gasteiger partial charge in [0.25, 0.3) is 0 Å². The van der Waals surface area contributed by atoms with E-state index < -0.39 is 0 Å². The molecule has 0 aliphatic carbocycles. The third-order valence-corrected chi connectivity index (χ3v) is 0.750. The molecule has 0 bridgehead atoms. The number of amidine groups is 1. The number of nitrogens with one attached hydrogen (secondary N) is 1. The number of hydrogen-bond acceptors (Lipinski definition) is 2. The van der Waals surface area contributed by atoms with Gasteiger partial charge in [0.1, 0.15) is 12.2 Å². The van der Waals surface area contributed by atoms with Crippen LogP contribution in [0, 0.1) is 0 Å². The largest absolute Gasteiger partial charge is 0.386 e. The molecule has 0 spiro atoms. The summed E-state index contributed by atoms with van der Waals surface area (Å²) in [5.74, 6) is 0.491. The summed E-state index contributed by atoms with van der Waals surface area (Å²) >= 11 is 0. The molecule has 0 amide bonds. The van der Waals surface area contributed by atoms with Crippen molar-refractivity contribution in [3.05, 3.63) is 0 Å². The van der Waals surface area contributed by atoms with Crippen molar-refractivity contribution in [3.63, 3.8) is 0 Å². The second-order valence-electron chi connectivity index (χ2n) is 3.31. The lowest BCUT2D eigenvalue weighted by atomic mass is 10.1. The minimum atomic E-state index is -0.0645. The summed E-state index contributed by atoms with van der Waals surface area (Å²) in [6.45, 7) is 7.72. The van der Waals surface area contributed by atoms with Gasteiger partial charge in [-0.3, -0.25) is 10.4 Å². The molecule has 0 aromatic rings. The van der Waals surface area contributed by atoms with E-state index in [0.29, 0.717) is 5.84 Å². The summed E-state index contributed by atoms with van der Waals surface area (Å²) in [5.41, 5.74) is 7.82. The van der Waals surface area contributed by atoms with Crippen molar-refractivity contribution in [2.24, 2.45) is 15.8 Å². The van der Waals surface area contributed by atoms with Gasteiger partial charge in [-0.25, -0.2) is 0 Å². The molecule has 0 atom stereocenters. The van der Waals surface area contributed by atoms with Gasteiger partial charge in [-0.1, -0.05) is 0 Å². The van der Waals surface area contributed by atoms with Gasteiger partial charge in [0.2, 0.25) is 0 Å². The van der Waals surface area contributed by atoms with Crippen molar-refractivity contribution < 1.29 is 0 Å². The molecule has 0 saturated carbocycles. The molecular weight excluding hydrogens is 140 g/mol. The summed E-state index contributed by atoms with van der Waals surface area (Å²) in [6.07, 6.45) is 1.54. The molecule has 4 heteroatoms. The maximum Gasteiger partial charge on any atom is 0.116 e. The first kappa shape index (κ1) is 9.94. The number of aliphatic imine (C=N–C) groups is 1. The SMILES string of the molecule is C/C(N)=N\NC=NC(C)(C)C. The molecule has 0 aromatic carbocycles. The van der Waals surface area contributed by atoms with Crippen LogP contribution in [0.5, 0.6) is 0 Å². The summed E-state index contributed by atoms with van der Waals surface area (Å²) in [7, 11) is 0. The van der Waals surface area contributed by atoms with Crippen molar-refractivity contribution in [2.45, 2.75) is 33.2 Å². The molecule has 0 aliphatic heterocycles. The van der Waals surface area contributed by atoms with Gasteiger partial charge in [0, 0.05) is 0 Å². The monoisotopic (exact) mass is 156 g/mol. The molecule has 0 unspecified atom stereocenters. The Kier molecular flexibility index (Phi) is 3.57. The summed E-state index contributed by atoms with van der Waals surface area (Å²) in [6, 6.07) is 0. The van der Waals surface area contributed by atoms with Gasteiger partial charge >= 0.3 is 0 Å². The molecule has 3 N–H and O–H groups in total. The number of hydrazone groups is 1. The highest BCUT2D eigenvalue weighted by atomic mass is 15.3. The van der Waals surface area contributed by atoms with Crippen LogP contribution in [0.3, 0.4) is 0 Å². The maximum atomic E-state index is 5.27. The Morgan fingerprint density at radius 1 is 1.45 bits per heavy atom. The fourth-order valence-electron chi connectivity index (χ4n) is 0.353. The molecular formula is C7H16N4. The van der Waals surface area contributed by atoms with Crippen LogP contribution in [0.4, 0.5) is 0 Å². The lowest BCUT2D eigenvalue weighted by molar-refractivity contribution is 0.583. The van der Waals surface area contributed by atoms with Gasteiger partial charge < -0.3 is 5.73 Å². The van der Waals surface area contributed by atoms with Gasteiger partial charge in [0.15, 0.2) is 0 Å². The highest BCUT2D eigenvalue weighted by Gasteiger charge is 2.03. The van der Waals surface area contributed by atoms with Gasteiger partial charge in [-0.2, -0.15) is 5.10 Å². The van der Waals surface area contributed by atoms with E-state index in [-0.39, 0.29) is 5.54 Å². The zero-order chi connectivity index (χ0) is 8.91. The normalized spacial score (nSPS) is 14.0. The smallest absolute Gasteiger partial charge is 0.116 e. The number of nitrogens with zero attached hydrogens (tertiary/aromatic N) is 2. The fourth-order valence-corrected chi connectivity index (χ4v) is 0.353. The summed E-state index contributed by atoms with van der Waals surface area (Å²) < 4.78 is 0. The first-order valence-electron chi connectivity index (χ1n) is 3.51. The van der Waals surface area contributed by atoms with Gasteiger partial charge in [-0.05, 0) is 27.7 Å². The Hall–Kier alpha value is -1.06. The predicted octanol–water partition coefficient (Wildman–Crippen LogP) is 0.695. The summed E-state index contributed by atoms with van der Waals surface area (Å²) in [4.78, 5) is 4.13. The number of hydrogen-bond donors (Lipinski definition) is 2. The first-order valence-corrected chi connectivity index (χ1v) is 3.51. The van der Waals surface area contributed by atoms with E-state index in [1.54, 1.807) is 6.92 Å². The second kappa shape index (κ2) is 3.95. The van der Waals surface area contributed by atoms with E-state index in [2.05, 4.69) is 15.5 Å². The molecule has 0 saturated heterocycles. The van der Waals surface area contributed by atoms with Crippen LogP contribution in [-0.2, 0) is 0 Å². The van der Waals surface area contributed by atoms with Crippen molar-refractivity contribution in [1.82, 2.24) is 5.43 Å². The Bertz CT molecular complexity index is 160. The second-order valence-corrected chi connectivity index (χ2v) is 3.31. The topological polar surface area (TPSA) is 62.8 Å². The van der Waals surface area contributed by atoms with Crippen LogP contribution in [-0.4, -0.2) is 17.7 Å². The van der Waals surface area contributed by atoms with Gasteiger partial charge in [0.05, 0.1) is 5.54 Å². The van der Waals surface area contributed by atoms with Crippen molar-refractivity contribution in [3.8, 4) is 0 Å². The first-order chi connectivity index (χ1) is 4.92. The lowest BCUT2D eigenvalue weighted by Crippen LogP contribution is -2.16. The molecule has 0 heterocycles. The molecule has 0 rings (SSSR count). The molecule has 4 nitrogen and oxygen atoms in total. The minimum absolute atomic E-state index is 0.0645. The third kappa shape index (κ3) is 8.94. The number of nitrogens with two attached hydrogens (primary N) is 1. The fraction of sp³-hybridized carbons (Fsp3) is 0.714. The predicted molar refractivity (Wildman–Crippen MR) is 48.7 cm³/mol. The maximum absolute atomic E-state index is 5.27. The van der Waals surface area contributed by atoms with Gasteiger partial charge in [-0.15, -0.1) is 0 Å². The molecule has 0 aliphatic rings. The van der Waals surface area contributed by atoms with Crippen LogP contribution in [0.25, 0.3) is 0 Å². The van der Waals surface area contributed by atoms with Crippen LogP contribution in [0.1, 0.15) is 27.7 Å². The minimum Gasteiger partial charge on any atom is -0.386 e. The average Bonchev–Trinajstić information content (AvgIpc) is 1.78. The van der Waals surface area contributed by atoms with Crippen LogP contribution < -0.4 is 11.2 Å². The van der Waals surface area contributed by atoms with Crippen LogP contribution >= 0.6 is 0 Å². The van der Waals surface area contributed by atoms with E-state index >= 15 is 0 Å². The highest BCUT2D eigenvalue weighted by Crippen LogP contribution is 2.03. The molecule has 0 fully saturated rings. The van der Waals surface area contributed by atoms with E-state index in [1.807, 2.05) is 20.8 Å². The Morgan fingerprint density at radius 3 is 2.36 bits per heavy atom. The van der Waals surface area contributed by atoms with E-state index in [1.165, 1.54) is 6.34 Å². The zero-order valence-corrected chi connectivity index (χ0v) is 7.55. The Labute approximate surface area is 67.6 Å². The molecule has 11 heavy (non-hydrogen) atoms. The average molecular weight is 156 g/mol. The molecule has 0 aromatic heterocycles. The Balaban J connectivity index is 3.71. The van der Waals surface area contributed by atoms with Crippen molar-refractivity contribution >= 4 is 12.2 Å². The standard InChI is InChI=1S/C7H16N4/c1-6(8)11-10-5-9-7(2,3)4/h5H,1-4H3,(H2,8,11)(H,9,10). The summed E-state index contributed by atoms with van der Waals surface area (Å²) in [5, 5.41) is 3.72. The molecule has 0 radical (unpaired) electrons. The van der Waals surface area contributed by atoms with Crippen LogP contribution in [0.15, 0.2) is 10.1 Å². The zero-order valence-electron chi connectivity index (χ0n) is 7.55. The van der Waals surface area contributed by atoms with Crippen LogP contribution in [0.2, 0.25) is 0 Å². The van der Waals surface area contributed by atoms with Crippen molar-refractivity contribution in [1.29, 1.82) is 0 Å². The van der Waals surface area contributed by atoms with E-state index in [9.17, 15) is 0 Å².